The fourth-order valence-corrected chi connectivity index (χ4v) is 2.57. The standard InChI is InChI=1S/C18H20O4/c1-12(6-2-5-9-17(20)21)18(22)15-10-11-16(19)14-8-4-3-7-13(14)15/h3-5,7-12,18-19,22H,2,6H2,1H3,(H,20,21)/b9-5+/t12-,18+/m1/s1. The fourth-order valence-electron chi connectivity index (χ4n) is 2.57. The van der Waals surface area contributed by atoms with Crippen LogP contribution in [0.25, 0.3) is 10.8 Å². The normalized spacial score (nSPS) is 14.3. The zero-order valence-electron chi connectivity index (χ0n) is 12.4. The Morgan fingerprint density at radius 1 is 1.18 bits per heavy atom. The second-order valence-electron chi connectivity index (χ2n) is 5.46. The molecule has 3 N–H and O–H groups in total. The summed E-state index contributed by atoms with van der Waals surface area (Å²) in [6.07, 6.45) is 3.33. The van der Waals surface area contributed by atoms with E-state index in [1.807, 2.05) is 31.2 Å². The van der Waals surface area contributed by atoms with Gasteiger partial charge in [0.25, 0.3) is 0 Å². The van der Waals surface area contributed by atoms with E-state index in [1.165, 1.54) is 0 Å². The molecule has 0 aliphatic heterocycles. The summed E-state index contributed by atoms with van der Waals surface area (Å²) in [7, 11) is 0. The van der Waals surface area contributed by atoms with Gasteiger partial charge in [-0.25, -0.2) is 4.79 Å². The Morgan fingerprint density at radius 3 is 2.55 bits per heavy atom. The average Bonchev–Trinajstić information content (AvgIpc) is 2.51. The van der Waals surface area contributed by atoms with Crippen LogP contribution >= 0.6 is 0 Å². The number of aliphatic hydroxyl groups is 1. The molecule has 4 heteroatoms. The summed E-state index contributed by atoms with van der Waals surface area (Å²) >= 11 is 0. The molecular weight excluding hydrogens is 280 g/mol. The molecule has 0 aromatic heterocycles. The van der Waals surface area contributed by atoms with Crippen molar-refractivity contribution >= 4 is 16.7 Å². The second-order valence-corrected chi connectivity index (χ2v) is 5.46. The van der Waals surface area contributed by atoms with Crippen LogP contribution in [0.15, 0.2) is 48.6 Å². The number of allylic oxidation sites excluding steroid dienone is 1. The number of benzene rings is 2. The lowest BCUT2D eigenvalue weighted by atomic mass is 9.90. The monoisotopic (exact) mass is 300 g/mol. The van der Waals surface area contributed by atoms with Gasteiger partial charge in [0.1, 0.15) is 5.75 Å². The molecule has 2 aromatic carbocycles. The molecule has 0 saturated carbocycles. The molecule has 0 saturated heterocycles. The lowest BCUT2D eigenvalue weighted by molar-refractivity contribution is -0.131. The number of rotatable bonds is 6. The van der Waals surface area contributed by atoms with Gasteiger partial charge >= 0.3 is 5.97 Å². The zero-order valence-corrected chi connectivity index (χ0v) is 12.4. The maximum absolute atomic E-state index is 10.6. The van der Waals surface area contributed by atoms with E-state index in [-0.39, 0.29) is 11.7 Å². The minimum Gasteiger partial charge on any atom is -0.507 e. The van der Waals surface area contributed by atoms with Gasteiger partial charge in [0.2, 0.25) is 0 Å². The first kappa shape index (κ1) is 16.0. The van der Waals surface area contributed by atoms with Gasteiger partial charge in [0.05, 0.1) is 6.10 Å². The van der Waals surface area contributed by atoms with Gasteiger partial charge in [-0.15, -0.1) is 0 Å². The molecule has 0 unspecified atom stereocenters. The SMILES string of the molecule is C[C@H](CC/C=C/C(=O)O)[C@H](O)c1ccc(O)c2ccccc12. The van der Waals surface area contributed by atoms with Crippen molar-refractivity contribution in [1.82, 2.24) is 0 Å². The van der Waals surface area contributed by atoms with Gasteiger partial charge < -0.3 is 15.3 Å². The number of phenolic OH excluding ortho intramolecular Hbond substituents is 1. The Kier molecular flexibility index (Phi) is 5.17. The van der Waals surface area contributed by atoms with Crippen molar-refractivity contribution in [2.45, 2.75) is 25.9 Å². The van der Waals surface area contributed by atoms with Gasteiger partial charge in [-0.3, -0.25) is 0 Å². The Balaban J connectivity index is 2.17. The van der Waals surface area contributed by atoms with Crippen molar-refractivity contribution in [2.75, 3.05) is 0 Å². The number of carboxylic acids is 1. The molecule has 0 aliphatic carbocycles. The zero-order chi connectivity index (χ0) is 16.1. The van der Waals surface area contributed by atoms with Gasteiger partial charge in [-0.2, -0.15) is 0 Å². The Labute approximate surface area is 129 Å². The quantitative estimate of drug-likeness (QED) is 0.712. The first-order valence-corrected chi connectivity index (χ1v) is 7.29. The minimum absolute atomic E-state index is 0.0219. The number of carbonyl (C=O) groups is 1. The molecular formula is C18H20O4. The summed E-state index contributed by atoms with van der Waals surface area (Å²) in [5.41, 5.74) is 0.781. The highest BCUT2D eigenvalue weighted by Crippen LogP contribution is 2.34. The molecule has 22 heavy (non-hydrogen) atoms. The lowest BCUT2D eigenvalue weighted by Gasteiger charge is -2.20. The molecule has 4 nitrogen and oxygen atoms in total. The third-order valence-corrected chi connectivity index (χ3v) is 3.84. The van der Waals surface area contributed by atoms with E-state index in [0.717, 1.165) is 22.4 Å². The maximum Gasteiger partial charge on any atom is 0.327 e. The summed E-state index contributed by atoms with van der Waals surface area (Å²) in [5.74, 6) is -0.785. The number of fused-ring (bicyclic) bond motifs is 1. The predicted molar refractivity (Wildman–Crippen MR) is 85.7 cm³/mol. The van der Waals surface area contributed by atoms with Crippen molar-refractivity contribution in [3.05, 3.63) is 54.1 Å². The van der Waals surface area contributed by atoms with Crippen molar-refractivity contribution in [1.29, 1.82) is 0 Å². The molecule has 2 atom stereocenters. The summed E-state index contributed by atoms with van der Waals surface area (Å²) in [4.78, 5) is 10.4. The number of aromatic hydroxyl groups is 1. The number of hydrogen-bond acceptors (Lipinski definition) is 3. The molecule has 2 rings (SSSR count). The molecule has 0 fully saturated rings. The van der Waals surface area contributed by atoms with E-state index in [4.69, 9.17) is 5.11 Å². The largest absolute Gasteiger partial charge is 0.507 e. The average molecular weight is 300 g/mol. The highest BCUT2D eigenvalue weighted by Gasteiger charge is 2.18. The molecule has 2 aromatic rings. The Bertz CT molecular complexity index is 691. The van der Waals surface area contributed by atoms with Crippen LogP contribution in [-0.2, 0) is 4.79 Å². The van der Waals surface area contributed by atoms with Crippen LogP contribution in [0.5, 0.6) is 5.75 Å². The van der Waals surface area contributed by atoms with E-state index < -0.39 is 12.1 Å². The fraction of sp³-hybridized carbons (Fsp3) is 0.278. The Morgan fingerprint density at radius 2 is 1.86 bits per heavy atom. The molecule has 116 valence electrons. The van der Waals surface area contributed by atoms with Gasteiger partial charge in [0, 0.05) is 11.5 Å². The van der Waals surface area contributed by atoms with Crippen molar-refractivity contribution < 1.29 is 20.1 Å². The van der Waals surface area contributed by atoms with Gasteiger partial charge in [-0.1, -0.05) is 43.3 Å². The first-order valence-electron chi connectivity index (χ1n) is 7.29. The van der Waals surface area contributed by atoms with Crippen molar-refractivity contribution in [3.8, 4) is 5.75 Å². The van der Waals surface area contributed by atoms with E-state index in [9.17, 15) is 15.0 Å². The summed E-state index contributed by atoms with van der Waals surface area (Å²) < 4.78 is 0. The maximum atomic E-state index is 10.6. The van der Waals surface area contributed by atoms with Crippen LogP contribution in [0.3, 0.4) is 0 Å². The second kappa shape index (κ2) is 7.09. The molecule has 0 amide bonds. The number of aliphatic carboxylic acids is 1. The van der Waals surface area contributed by atoms with E-state index >= 15 is 0 Å². The number of hydrogen-bond donors (Lipinski definition) is 3. The Hall–Kier alpha value is -2.33. The van der Waals surface area contributed by atoms with Crippen molar-refractivity contribution in [3.63, 3.8) is 0 Å². The van der Waals surface area contributed by atoms with Crippen LogP contribution in [0.2, 0.25) is 0 Å². The van der Waals surface area contributed by atoms with E-state index in [2.05, 4.69) is 0 Å². The highest BCUT2D eigenvalue weighted by atomic mass is 16.4. The van der Waals surface area contributed by atoms with Crippen LogP contribution < -0.4 is 0 Å². The van der Waals surface area contributed by atoms with E-state index in [1.54, 1.807) is 18.2 Å². The van der Waals surface area contributed by atoms with Crippen LogP contribution in [0.1, 0.15) is 31.4 Å². The topological polar surface area (TPSA) is 77.8 Å². The number of carboxylic acid groups (broad SMARTS) is 1. The van der Waals surface area contributed by atoms with Gasteiger partial charge in [-0.05, 0) is 35.8 Å². The van der Waals surface area contributed by atoms with E-state index in [0.29, 0.717) is 12.8 Å². The van der Waals surface area contributed by atoms with Crippen LogP contribution in [0.4, 0.5) is 0 Å². The first-order chi connectivity index (χ1) is 10.5. The molecule has 0 bridgehead atoms. The summed E-state index contributed by atoms with van der Waals surface area (Å²) in [5, 5.41) is 30.6. The molecule has 0 spiro atoms. The molecule has 0 radical (unpaired) electrons. The number of aliphatic hydroxyl groups excluding tert-OH is 1. The summed E-state index contributed by atoms with van der Waals surface area (Å²) in [6.45, 7) is 1.93. The third kappa shape index (κ3) is 3.65. The van der Waals surface area contributed by atoms with Crippen molar-refractivity contribution in [2.24, 2.45) is 5.92 Å². The third-order valence-electron chi connectivity index (χ3n) is 3.84. The smallest absolute Gasteiger partial charge is 0.327 e. The minimum atomic E-state index is -0.960. The van der Waals surface area contributed by atoms with Crippen LogP contribution in [-0.4, -0.2) is 21.3 Å². The van der Waals surface area contributed by atoms with Gasteiger partial charge in [0.15, 0.2) is 0 Å². The van der Waals surface area contributed by atoms with Crippen LogP contribution in [0, 0.1) is 5.92 Å². The summed E-state index contributed by atoms with van der Waals surface area (Å²) in [6, 6.07) is 10.8. The lowest BCUT2D eigenvalue weighted by Crippen LogP contribution is -2.09. The predicted octanol–water partition coefficient (Wildman–Crippen LogP) is 3.64. The highest BCUT2D eigenvalue weighted by molar-refractivity contribution is 5.91. The number of phenols is 1. The molecule has 0 heterocycles. The molecule has 0 aliphatic rings.